The summed E-state index contributed by atoms with van der Waals surface area (Å²) in [6.07, 6.45) is 1.29. The first kappa shape index (κ1) is 20.5. The van der Waals surface area contributed by atoms with Crippen molar-refractivity contribution < 1.29 is 14.5 Å². The monoisotopic (exact) mass is 502 g/mol. The Labute approximate surface area is 187 Å². The molecule has 2 aromatic heterocycles. The number of anilines is 1. The van der Waals surface area contributed by atoms with Gasteiger partial charge in [-0.05, 0) is 34.6 Å². The first-order valence-corrected chi connectivity index (χ1v) is 9.73. The van der Waals surface area contributed by atoms with E-state index in [0.717, 1.165) is 4.47 Å². The molecule has 4 rings (SSSR count). The van der Waals surface area contributed by atoms with Crippen molar-refractivity contribution >= 4 is 45.5 Å². The van der Waals surface area contributed by atoms with Gasteiger partial charge in [0.1, 0.15) is 11.4 Å². The van der Waals surface area contributed by atoms with E-state index >= 15 is 0 Å². The van der Waals surface area contributed by atoms with Crippen LogP contribution >= 0.6 is 27.5 Å². The summed E-state index contributed by atoms with van der Waals surface area (Å²) >= 11 is 9.63. The summed E-state index contributed by atoms with van der Waals surface area (Å²) in [6.45, 7) is 0. The van der Waals surface area contributed by atoms with Crippen molar-refractivity contribution in [3.05, 3.63) is 63.2 Å². The zero-order chi connectivity index (χ0) is 22.0. The third-order valence-corrected chi connectivity index (χ3v) is 4.89. The average molecular weight is 504 g/mol. The van der Waals surface area contributed by atoms with Gasteiger partial charge in [-0.1, -0.05) is 50.9 Å². The Morgan fingerprint density at radius 3 is 2.84 bits per heavy atom. The fraction of sp³-hybridized carbons (Fsp3) is 0. The van der Waals surface area contributed by atoms with Gasteiger partial charge in [-0.25, -0.2) is 10.1 Å². The Morgan fingerprint density at radius 2 is 2.10 bits per heavy atom. The Kier molecular flexibility index (Phi) is 5.64. The van der Waals surface area contributed by atoms with Crippen LogP contribution in [0.3, 0.4) is 0 Å². The Bertz CT molecular complexity index is 1300. The van der Waals surface area contributed by atoms with Crippen LogP contribution in [0.2, 0.25) is 5.02 Å². The van der Waals surface area contributed by atoms with Gasteiger partial charge in [-0.15, -0.1) is 5.10 Å². The zero-order valence-corrected chi connectivity index (χ0v) is 17.7. The highest BCUT2D eigenvalue weighted by Crippen LogP contribution is 2.31. The maximum absolute atomic E-state index is 12.8. The van der Waals surface area contributed by atoms with Crippen LogP contribution in [0.5, 0.6) is 5.75 Å². The maximum atomic E-state index is 12.8. The molecule has 156 valence electrons. The Balaban J connectivity index is 1.71. The molecule has 0 unspecified atom stereocenters. The van der Waals surface area contributed by atoms with Crippen molar-refractivity contribution in [1.29, 1.82) is 0 Å². The number of carbonyl (C=O) groups excluding carboxylic acids is 1. The number of carbonyl (C=O) groups is 1. The summed E-state index contributed by atoms with van der Waals surface area (Å²) in [4.78, 5) is 12.8. The van der Waals surface area contributed by atoms with Crippen LogP contribution in [0.25, 0.3) is 17.1 Å². The molecular formula is C18H12BrClN8O3. The minimum atomic E-state index is -0.679. The third kappa shape index (κ3) is 4.11. The molecule has 0 atom stereocenters. The van der Waals surface area contributed by atoms with E-state index in [4.69, 9.17) is 17.3 Å². The van der Waals surface area contributed by atoms with Crippen molar-refractivity contribution in [3.8, 4) is 22.8 Å². The molecule has 0 fully saturated rings. The second kappa shape index (κ2) is 8.53. The number of hydrogen-bond donors (Lipinski definition) is 3. The second-order valence-corrected chi connectivity index (χ2v) is 7.38. The lowest BCUT2D eigenvalue weighted by molar-refractivity contribution is 0.0950. The van der Waals surface area contributed by atoms with Crippen LogP contribution in [-0.2, 0) is 0 Å². The average Bonchev–Trinajstić information content (AvgIpc) is 3.36. The van der Waals surface area contributed by atoms with Crippen LogP contribution in [0.4, 0.5) is 5.82 Å². The van der Waals surface area contributed by atoms with E-state index in [1.54, 1.807) is 36.4 Å². The highest BCUT2D eigenvalue weighted by Gasteiger charge is 2.26. The Morgan fingerprint density at radius 1 is 1.29 bits per heavy atom. The zero-order valence-electron chi connectivity index (χ0n) is 15.4. The largest absolute Gasteiger partial charge is 0.507 e. The van der Waals surface area contributed by atoms with Gasteiger partial charge in [0.15, 0.2) is 5.69 Å². The minimum Gasteiger partial charge on any atom is -0.507 e. The van der Waals surface area contributed by atoms with E-state index in [1.165, 1.54) is 17.0 Å². The molecule has 0 aliphatic carbocycles. The molecule has 0 saturated carbocycles. The summed E-state index contributed by atoms with van der Waals surface area (Å²) in [7, 11) is 0. The van der Waals surface area contributed by atoms with Crippen molar-refractivity contribution in [1.82, 2.24) is 30.7 Å². The molecule has 31 heavy (non-hydrogen) atoms. The van der Waals surface area contributed by atoms with E-state index in [-0.39, 0.29) is 28.8 Å². The molecule has 4 N–H and O–H groups in total. The van der Waals surface area contributed by atoms with Crippen LogP contribution < -0.4 is 11.2 Å². The lowest BCUT2D eigenvalue weighted by atomic mass is 10.1. The molecule has 0 spiro atoms. The van der Waals surface area contributed by atoms with Gasteiger partial charge in [0.05, 0.1) is 11.2 Å². The number of amides is 1. The molecule has 11 nitrogen and oxygen atoms in total. The van der Waals surface area contributed by atoms with Crippen LogP contribution in [0.1, 0.15) is 16.1 Å². The van der Waals surface area contributed by atoms with E-state index < -0.39 is 5.91 Å². The van der Waals surface area contributed by atoms with Gasteiger partial charge >= 0.3 is 0 Å². The predicted octanol–water partition coefficient (Wildman–Crippen LogP) is 2.78. The number of aromatic nitrogens is 5. The number of halogens is 2. The molecule has 2 heterocycles. The highest BCUT2D eigenvalue weighted by molar-refractivity contribution is 9.10. The lowest BCUT2D eigenvalue weighted by Gasteiger charge is -2.07. The number of hydrazone groups is 1. The number of rotatable bonds is 5. The third-order valence-electron chi connectivity index (χ3n) is 4.07. The standard InChI is InChI=1S/C18H12BrClN8O3/c19-10-5-6-13(29)9(7-10)8-22-24-18(30)14-15(11-3-1-2-4-12(11)20)28(27-23-14)17-16(21)25-31-26-17/h1-8,29H,(H2,21,25)(H,24,30)/b22-8-. The molecule has 4 aromatic rings. The normalized spacial score (nSPS) is 11.2. The van der Waals surface area contributed by atoms with E-state index in [2.05, 4.69) is 51.7 Å². The van der Waals surface area contributed by atoms with Gasteiger partial charge in [-0.3, -0.25) is 4.79 Å². The number of hydrogen-bond acceptors (Lipinski definition) is 9. The molecule has 0 radical (unpaired) electrons. The quantitative estimate of drug-likeness (QED) is 0.277. The maximum Gasteiger partial charge on any atom is 0.294 e. The van der Waals surface area contributed by atoms with Crippen molar-refractivity contribution in [2.45, 2.75) is 0 Å². The minimum absolute atomic E-state index is 0.00194. The highest BCUT2D eigenvalue weighted by atomic mass is 79.9. The number of nitrogens with zero attached hydrogens (tertiary/aromatic N) is 6. The lowest BCUT2D eigenvalue weighted by Crippen LogP contribution is -2.19. The number of phenolic OH excluding ortho intramolecular Hbond substituents is 1. The number of aromatic hydroxyl groups is 1. The molecule has 2 aromatic carbocycles. The first-order chi connectivity index (χ1) is 15.0. The molecule has 0 aliphatic rings. The summed E-state index contributed by atoms with van der Waals surface area (Å²) in [5.74, 6) is -0.683. The smallest absolute Gasteiger partial charge is 0.294 e. The van der Waals surface area contributed by atoms with E-state index in [1.807, 2.05) is 0 Å². The van der Waals surface area contributed by atoms with E-state index in [9.17, 15) is 9.90 Å². The van der Waals surface area contributed by atoms with Gasteiger partial charge in [0, 0.05) is 15.6 Å². The predicted molar refractivity (Wildman–Crippen MR) is 115 cm³/mol. The molecular weight excluding hydrogens is 492 g/mol. The first-order valence-electron chi connectivity index (χ1n) is 8.56. The molecule has 1 amide bonds. The number of benzene rings is 2. The van der Waals surface area contributed by atoms with Crippen molar-refractivity contribution in [2.75, 3.05) is 5.73 Å². The van der Waals surface area contributed by atoms with Crippen LogP contribution in [0, 0.1) is 0 Å². The van der Waals surface area contributed by atoms with Crippen molar-refractivity contribution in [3.63, 3.8) is 0 Å². The molecule has 0 bridgehead atoms. The number of nitrogen functional groups attached to an aromatic ring is 1. The summed E-state index contributed by atoms with van der Waals surface area (Å²) in [5, 5.41) is 29.2. The van der Waals surface area contributed by atoms with Gasteiger partial charge < -0.3 is 10.8 Å². The topological polar surface area (TPSA) is 157 Å². The van der Waals surface area contributed by atoms with Crippen LogP contribution in [0.15, 0.2) is 56.7 Å². The van der Waals surface area contributed by atoms with Crippen molar-refractivity contribution in [2.24, 2.45) is 5.10 Å². The number of nitrogens with one attached hydrogen (secondary N) is 1. The summed E-state index contributed by atoms with van der Waals surface area (Å²) < 4.78 is 6.56. The van der Waals surface area contributed by atoms with E-state index in [0.29, 0.717) is 16.1 Å². The van der Waals surface area contributed by atoms with Gasteiger partial charge in [0.2, 0.25) is 11.6 Å². The second-order valence-electron chi connectivity index (χ2n) is 6.05. The summed E-state index contributed by atoms with van der Waals surface area (Å²) in [5.41, 5.74) is 9.10. The van der Waals surface area contributed by atoms with Gasteiger partial charge in [0.25, 0.3) is 5.91 Å². The number of phenols is 1. The number of nitrogens with two attached hydrogens (primary N) is 1. The summed E-state index contributed by atoms with van der Waals surface area (Å²) in [6, 6.07) is 11.6. The molecule has 0 saturated heterocycles. The molecule has 13 heteroatoms. The van der Waals surface area contributed by atoms with Crippen LogP contribution in [-0.4, -0.2) is 42.5 Å². The fourth-order valence-electron chi connectivity index (χ4n) is 2.66. The molecule has 0 aliphatic heterocycles. The fourth-order valence-corrected chi connectivity index (χ4v) is 3.26. The Hall–Kier alpha value is -3.77. The SMILES string of the molecule is Nc1nonc1-n1nnc(C(=O)N/N=C\c2cc(Br)ccc2O)c1-c1ccccc1Cl. The van der Waals surface area contributed by atoms with Gasteiger partial charge in [-0.2, -0.15) is 9.78 Å².